The van der Waals surface area contributed by atoms with Gasteiger partial charge in [0.2, 0.25) is 0 Å². The number of rotatable bonds is 4. The van der Waals surface area contributed by atoms with Crippen molar-refractivity contribution in [1.29, 1.82) is 0 Å². The molecule has 0 heterocycles. The molecule has 20 heavy (non-hydrogen) atoms. The summed E-state index contributed by atoms with van der Waals surface area (Å²) in [7, 11) is 0. The first-order chi connectivity index (χ1) is 9.08. The molecule has 2 aromatic rings. The molecule has 0 saturated heterocycles. The van der Waals surface area contributed by atoms with Crippen LogP contribution >= 0.6 is 0 Å². The van der Waals surface area contributed by atoms with Crippen molar-refractivity contribution in [2.75, 3.05) is 0 Å². The maximum Gasteiger partial charge on any atom is 0 e. The second kappa shape index (κ2) is 7.52. The van der Waals surface area contributed by atoms with Gasteiger partial charge < -0.3 is 0 Å². The molecule has 0 amide bonds. The van der Waals surface area contributed by atoms with Crippen molar-refractivity contribution < 1.29 is 32.7 Å². The van der Waals surface area contributed by atoms with Crippen LogP contribution in [0.25, 0.3) is 0 Å². The van der Waals surface area contributed by atoms with Crippen LogP contribution in [0.3, 0.4) is 0 Å². The normalized spacial score (nSPS) is 13.7. The molecule has 2 rings (SSSR count). The average molecular weight is 340 g/mol. The Bertz CT molecular complexity index is 513. The Labute approximate surface area is 148 Å². The molecular weight excluding hydrogens is 317 g/mol. The third-order valence-corrected chi connectivity index (χ3v) is 4.28. The summed E-state index contributed by atoms with van der Waals surface area (Å²) in [5.41, 5.74) is 4.25. The molecule has 0 N–H and O–H groups in total. The Hall–Kier alpha value is -0.456. The van der Waals surface area contributed by atoms with Gasteiger partial charge in [0.25, 0.3) is 0 Å². The van der Waals surface area contributed by atoms with Gasteiger partial charge >= 0.3 is 0 Å². The van der Waals surface area contributed by atoms with Crippen LogP contribution in [0.4, 0.5) is 0 Å². The van der Waals surface area contributed by atoms with Gasteiger partial charge in [-0.1, -0.05) is 52.0 Å². The third kappa shape index (κ3) is 3.60. The van der Waals surface area contributed by atoms with Crippen molar-refractivity contribution in [3.63, 3.8) is 0 Å². The first-order valence-electron chi connectivity index (χ1n) is 7.15. The Morgan fingerprint density at radius 2 is 1.45 bits per heavy atom. The van der Waals surface area contributed by atoms with Crippen molar-refractivity contribution in [2.45, 2.75) is 45.4 Å². The fourth-order valence-electron chi connectivity index (χ4n) is 2.57. The summed E-state index contributed by atoms with van der Waals surface area (Å²) in [6.45, 7) is 9.06. The summed E-state index contributed by atoms with van der Waals surface area (Å²) in [5, 5.41) is 0. The van der Waals surface area contributed by atoms with Crippen LogP contribution in [0.15, 0.2) is 48.5 Å². The Kier molecular flexibility index (Phi) is 6.62. The Balaban J connectivity index is 0.00000200. The van der Waals surface area contributed by atoms with Crippen LogP contribution in [0.1, 0.15) is 56.7 Å². The van der Waals surface area contributed by atoms with E-state index in [9.17, 15) is 0 Å². The zero-order chi connectivity index (χ0) is 13.9. The largest absolute Gasteiger partial charge is 0.184 e. The maximum absolute atomic E-state index is 3.10. The maximum atomic E-state index is 3.10. The fourth-order valence-corrected chi connectivity index (χ4v) is 2.57. The van der Waals surface area contributed by atoms with E-state index in [1.165, 1.54) is 16.7 Å². The van der Waals surface area contributed by atoms with Gasteiger partial charge in [0.15, 0.2) is 0 Å². The smallest absolute Gasteiger partial charge is 0 e. The fraction of sp³-hybridized carbons (Fsp3) is 0.368. The van der Waals surface area contributed by atoms with E-state index in [1.807, 2.05) is 12.1 Å². The molecule has 0 nitrogen and oxygen atoms in total. The van der Waals surface area contributed by atoms with E-state index in [0.29, 0.717) is 5.92 Å². The number of hydrogen-bond acceptors (Lipinski definition) is 0. The van der Waals surface area contributed by atoms with Crippen LogP contribution in [0.2, 0.25) is 0 Å². The molecule has 0 aliphatic heterocycles. The zero-order valence-electron chi connectivity index (χ0n) is 13.0. The van der Waals surface area contributed by atoms with E-state index in [1.54, 1.807) is 0 Å². The minimum atomic E-state index is 0. The van der Waals surface area contributed by atoms with Gasteiger partial charge in [0, 0.05) is 32.7 Å². The van der Waals surface area contributed by atoms with Gasteiger partial charge in [-0.25, -0.2) is 0 Å². The van der Waals surface area contributed by atoms with E-state index < -0.39 is 0 Å². The summed E-state index contributed by atoms with van der Waals surface area (Å²) < 4.78 is 0. The Morgan fingerprint density at radius 1 is 0.950 bits per heavy atom. The Morgan fingerprint density at radius 3 is 1.90 bits per heavy atom. The summed E-state index contributed by atoms with van der Waals surface area (Å²) in [6.07, 6.45) is 1.10. The summed E-state index contributed by atoms with van der Waals surface area (Å²) in [6, 6.07) is 20.6. The van der Waals surface area contributed by atoms with Gasteiger partial charge in [-0.2, -0.15) is 30.3 Å². The van der Waals surface area contributed by atoms with Gasteiger partial charge in [0.1, 0.15) is 0 Å². The SMILES string of the molecule is CCC(C)(c1cc[c-]cc1)c1ccc(C(C)C)cc1.[Y]. The molecule has 0 aliphatic carbocycles. The molecule has 2 aromatic carbocycles. The minimum absolute atomic E-state index is 0. The first kappa shape index (κ1) is 17.6. The van der Waals surface area contributed by atoms with E-state index in [0.717, 1.165) is 6.42 Å². The van der Waals surface area contributed by atoms with Crippen LogP contribution in [-0.2, 0) is 38.1 Å². The number of hydrogen-bond donors (Lipinski definition) is 0. The molecule has 1 radical (unpaired) electrons. The summed E-state index contributed by atoms with van der Waals surface area (Å²) >= 11 is 0. The summed E-state index contributed by atoms with van der Waals surface area (Å²) in [4.78, 5) is 0. The second-order valence-electron chi connectivity index (χ2n) is 5.75. The quantitative estimate of drug-likeness (QED) is 0.661. The summed E-state index contributed by atoms with van der Waals surface area (Å²) in [5.74, 6) is 0.591. The van der Waals surface area contributed by atoms with Crippen LogP contribution in [-0.4, -0.2) is 0 Å². The first-order valence-corrected chi connectivity index (χ1v) is 7.15. The number of benzene rings is 2. The molecule has 0 spiro atoms. The van der Waals surface area contributed by atoms with Gasteiger partial charge in [-0.15, -0.1) is 5.56 Å². The molecule has 1 heteroatoms. The van der Waals surface area contributed by atoms with Crippen LogP contribution in [0.5, 0.6) is 0 Å². The molecule has 1 unspecified atom stereocenters. The van der Waals surface area contributed by atoms with E-state index >= 15 is 0 Å². The van der Waals surface area contributed by atoms with E-state index in [2.05, 4.69) is 70.2 Å². The van der Waals surface area contributed by atoms with Crippen molar-refractivity contribution in [2.24, 2.45) is 0 Å². The van der Waals surface area contributed by atoms with Gasteiger partial charge in [0.05, 0.1) is 0 Å². The van der Waals surface area contributed by atoms with Crippen molar-refractivity contribution in [3.05, 3.63) is 71.3 Å². The van der Waals surface area contributed by atoms with E-state index in [4.69, 9.17) is 0 Å². The molecule has 103 valence electrons. The zero-order valence-corrected chi connectivity index (χ0v) is 15.8. The molecule has 1 atom stereocenters. The van der Waals surface area contributed by atoms with Crippen molar-refractivity contribution in [1.82, 2.24) is 0 Å². The topological polar surface area (TPSA) is 0 Å². The molecular formula is C19H23Y-. The third-order valence-electron chi connectivity index (χ3n) is 4.28. The molecule has 0 saturated carbocycles. The molecule has 0 fully saturated rings. The predicted molar refractivity (Wildman–Crippen MR) is 82.6 cm³/mol. The van der Waals surface area contributed by atoms with Gasteiger partial charge in [-0.05, 0) is 28.9 Å². The van der Waals surface area contributed by atoms with Crippen molar-refractivity contribution in [3.8, 4) is 0 Å². The molecule has 0 aromatic heterocycles. The van der Waals surface area contributed by atoms with Crippen molar-refractivity contribution >= 4 is 0 Å². The van der Waals surface area contributed by atoms with Crippen LogP contribution in [0, 0.1) is 6.07 Å². The minimum Gasteiger partial charge on any atom is -0.184 e. The van der Waals surface area contributed by atoms with Crippen LogP contribution < -0.4 is 0 Å². The van der Waals surface area contributed by atoms with Gasteiger partial charge in [-0.3, -0.25) is 0 Å². The van der Waals surface area contributed by atoms with E-state index in [-0.39, 0.29) is 38.1 Å². The molecule has 0 bridgehead atoms. The standard InChI is InChI=1S/C19H23.Y/c1-5-19(4,17-9-7-6-8-10-17)18-13-11-16(12-14-18)15(2)3;/h7-15H,5H2,1-4H3;/q-1;. The predicted octanol–water partition coefficient (Wildman–Crippen LogP) is 5.32. The monoisotopic (exact) mass is 340 g/mol. The second-order valence-corrected chi connectivity index (χ2v) is 5.75. The molecule has 0 aliphatic rings. The average Bonchev–Trinajstić information content (AvgIpc) is 2.47.